The monoisotopic (exact) mass is 333 g/mol. The van der Waals surface area contributed by atoms with E-state index in [1.807, 2.05) is 6.07 Å². The van der Waals surface area contributed by atoms with E-state index in [9.17, 15) is 8.42 Å². The second-order valence-electron chi connectivity index (χ2n) is 4.23. The van der Waals surface area contributed by atoms with Crippen molar-refractivity contribution in [3.05, 3.63) is 29.3 Å². The van der Waals surface area contributed by atoms with Crippen LogP contribution in [-0.4, -0.2) is 41.8 Å². The summed E-state index contributed by atoms with van der Waals surface area (Å²) in [7, 11) is -1.92. The van der Waals surface area contributed by atoms with Crippen molar-refractivity contribution in [3.8, 4) is 6.07 Å². The quantitative estimate of drug-likeness (QED) is 0.687. The molecule has 8 heteroatoms. The molecule has 0 amide bonds. The van der Waals surface area contributed by atoms with Crippen LogP contribution in [-0.2, 0) is 14.8 Å². The zero-order valence-electron chi connectivity index (χ0n) is 12.0. The second kappa shape index (κ2) is 9.71. The van der Waals surface area contributed by atoms with Crippen molar-refractivity contribution < 1.29 is 13.2 Å². The van der Waals surface area contributed by atoms with Crippen molar-refractivity contribution in [2.75, 3.05) is 33.4 Å². The molecular weight excluding hydrogens is 314 g/mol. The van der Waals surface area contributed by atoms with Gasteiger partial charge in [0.2, 0.25) is 10.0 Å². The molecule has 0 saturated heterocycles. The number of nitriles is 1. The Morgan fingerprint density at radius 1 is 1.29 bits per heavy atom. The van der Waals surface area contributed by atoms with Gasteiger partial charge in [0.25, 0.3) is 0 Å². The second-order valence-corrected chi connectivity index (χ2v) is 6.00. The molecule has 0 bridgehead atoms. The van der Waals surface area contributed by atoms with Crippen LogP contribution in [0, 0.1) is 18.3 Å². The summed E-state index contributed by atoms with van der Waals surface area (Å²) in [5.74, 6) is 0. The lowest BCUT2D eigenvalue weighted by Gasteiger charge is -2.08. The van der Waals surface area contributed by atoms with E-state index >= 15 is 0 Å². The van der Waals surface area contributed by atoms with Crippen LogP contribution < -0.4 is 10.0 Å². The highest BCUT2D eigenvalue weighted by atomic mass is 35.5. The summed E-state index contributed by atoms with van der Waals surface area (Å²) in [6, 6.07) is 6.46. The molecule has 0 aliphatic carbocycles. The SMILES string of the molecule is COCCNCCNS(=O)(=O)c1ccc(C#N)c(C)c1.Cl. The molecule has 0 saturated carbocycles. The maximum Gasteiger partial charge on any atom is 0.240 e. The smallest absolute Gasteiger partial charge is 0.240 e. The highest BCUT2D eigenvalue weighted by Crippen LogP contribution is 2.14. The van der Waals surface area contributed by atoms with E-state index in [2.05, 4.69) is 10.0 Å². The first-order valence-electron chi connectivity index (χ1n) is 6.21. The van der Waals surface area contributed by atoms with Gasteiger partial charge in [0.1, 0.15) is 0 Å². The molecule has 2 N–H and O–H groups in total. The topological polar surface area (TPSA) is 91.2 Å². The van der Waals surface area contributed by atoms with Crippen LogP contribution in [0.4, 0.5) is 0 Å². The number of hydrogen-bond acceptors (Lipinski definition) is 5. The lowest BCUT2D eigenvalue weighted by Crippen LogP contribution is -2.33. The summed E-state index contributed by atoms with van der Waals surface area (Å²) in [5.41, 5.74) is 1.12. The summed E-state index contributed by atoms with van der Waals surface area (Å²) in [6.07, 6.45) is 0. The van der Waals surface area contributed by atoms with E-state index in [4.69, 9.17) is 10.00 Å². The van der Waals surface area contributed by atoms with Gasteiger partial charge < -0.3 is 10.1 Å². The number of ether oxygens (including phenoxy) is 1. The van der Waals surface area contributed by atoms with Gasteiger partial charge in [-0.15, -0.1) is 12.4 Å². The van der Waals surface area contributed by atoms with Crippen LogP contribution >= 0.6 is 12.4 Å². The number of halogens is 1. The van der Waals surface area contributed by atoms with Gasteiger partial charge in [-0.1, -0.05) is 0 Å². The summed E-state index contributed by atoms with van der Waals surface area (Å²) in [5, 5.41) is 11.9. The molecule has 0 aliphatic rings. The fraction of sp³-hybridized carbons (Fsp3) is 0.462. The van der Waals surface area contributed by atoms with Crippen molar-refractivity contribution in [2.24, 2.45) is 0 Å². The largest absolute Gasteiger partial charge is 0.383 e. The van der Waals surface area contributed by atoms with Crippen molar-refractivity contribution in [1.82, 2.24) is 10.0 Å². The third-order valence-corrected chi connectivity index (χ3v) is 4.16. The van der Waals surface area contributed by atoms with E-state index in [1.165, 1.54) is 18.2 Å². The zero-order valence-corrected chi connectivity index (χ0v) is 13.7. The van der Waals surface area contributed by atoms with Crippen LogP contribution in [0.5, 0.6) is 0 Å². The lowest BCUT2D eigenvalue weighted by atomic mass is 10.1. The number of methoxy groups -OCH3 is 1. The summed E-state index contributed by atoms with van der Waals surface area (Å²) in [6.45, 7) is 3.79. The Labute approximate surface area is 132 Å². The molecule has 0 spiro atoms. The molecule has 0 radical (unpaired) electrons. The van der Waals surface area contributed by atoms with Gasteiger partial charge in [-0.05, 0) is 30.7 Å². The fourth-order valence-electron chi connectivity index (χ4n) is 1.59. The summed E-state index contributed by atoms with van der Waals surface area (Å²) in [4.78, 5) is 0.172. The van der Waals surface area contributed by atoms with Gasteiger partial charge in [-0.25, -0.2) is 13.1 Å². The van der Waals surface area contributed by atoms with Crippen LogP contribution in [0.25, 0.3) is 0 Å². The molecule has 0 fully saturated rings. The predicted molar refractivity (Wildman–Crippen MR) is 83.1 cm³/mol. The lowest BCUT2D eigenvalue weighted by molar-refractivity contribution is 0.199. The van der Waals surface area contributed by atoms with Crippen molar-refractivity contribution in [3.63, 3.8) is 0 Å². The Morgan fingerprint density at radius 2 is 2.00 bits per heavy atom. The fourth-order valence-corrected chi connectivity index (χ4v) is 2.70. The van der Waals surface area contributed by atoms with Gasteiger partial charge in [0.05, 0.1) is 23.1 Å². The minimum atomic E-state index is -3.53. The standard InChI is InChI=1S/C13H19N3O3S.ClH/c1-11-9-13(4-3-12(11)10-14)20(17,18)16-6-5-15-7-8-19-2;/h3-4,9,15-16H,5-8H2,1-2H3;1H. The van der Waals surface area contributed by atoms with Gasteiger partial charge >= 0.3 is 0 Å². The van der Waals surface area contributed by atoms with E-state index in [1.54, 1.807) is 14.0 Å². The molecule has 21 heavy (non-hydrogen) atoms. The molecule has 0 atom stereocenters. The number of aryl methyl sites for hydroxylation is 1. The third-order valence-electron chi connectivity index (χ3n) is 2.71. The van der Waals surface area contributed by atoms with E-state index in [0.717, 1.165) is 0 Å². The third kappa shape index (κ3) is 6.42. The molecule has 6 nitrogen and oxygen atoms in total. The molecule has 1 aromatic rings. The predicted octanol–water partition coefficient (Wildman–Crippen LogP) is 0.803. The number of hydrogen-bond donors (Lipinski definition) is 2. The van der Waals surface area contributed by atoms with Crippen LogP contribution in [0.3, 0.4) is 0 Å². The first kappa shape index (κ1) is 19.8. The average molecular weight is 334 g/mol. The molecule has 0 unspecified atom stereocenters. The average Bonchev–Trinajstić information content (AvgIpc) is 2.42. The minimum absolute atomic E-state index is 0. The number of rotatable bonds is 8. The van der Waals surface area contributed by atoms with E-state index in [0.29, 0.717) is 37.4 Å². The molecule has 1 aromatic carbocycles. The first-order chi connectivity index (χ1) is 9.51. The van der Waals surface area contributed by atoms with Crippen molar-refractivity contribution >= 4 is 22.4 Å². The summed E-state index contributed by atoms with van der Waals surface area (Å²) < 4.78 is 31.4. The Bertz CT molecular complexity index is 585. The Hall–Kier alpha value is -1.17. The van der Waals surface area contributed by atoms with Gasteiger partial charge in [-0.3, -0.25) is 0 Å². The first-order valence-corrected chi connectivity index (χ1v) is 7.69. The minimum Gasteiger partial charge on any atom is -0.383 e. The maximum atomic E-state index is 12.0. The van der Waals surface area contributed by atoms with Crippen LogP contribution in [0.2, 0.25) is 0 Å². The molecule has 0 aliphatic heterocycles. The van der Waals surface area contributed by atoms with Crippen molar-refractivity contribution in [2.45, 2.75) is 11.8 Å². The van der Waals surface area contributed by atoms with Crippen molar-refractivity contribution in [1.29, 1.82) is 5.26 Å². The molecule has 0 heterocycles. The Kier molecular flexibility index (Phi) is 9.17. The van der Waals surface area contributed by atoms with E-state index in [-0.39, 0.29) is 17.3 Å². The highest BCUT2D eigenvalue weighted by molar-refractivity contribution is 7.89. The maximum absolute atomic E-state index is 12.0. The highest BCUT2D eigenvalue weighted by Gasteiger charge is 2.14. The van der Waals surface area contributed by atoms with E-state index < -0.39 is 10.0 Å². The molecular formula is C13H20ClN3O3S. The molecule has 0 aromatic heterocycles. The number of benzene rings is 1. The van der Waals surface area contributed by atoms with Crippen LogP contribution in [0.15, 0.2) is 23.1 Å². The Balaban J connectivity index is 0.00000400. The normalized spacial score (nSPS) is 10.7. The molecule has 118 valence electrons. The Morgan fingerprint density at radius 3 is 2.57 bits per heavy atom. The number of nitrogens with one attached hydrogen (secondary N) is 2. The van der Waals surface area contributed by atoms with Gasteiger partial charge in [0, 0.05) is 26.7 Å². The van der Waals surface area contributed by atoms with Crippen LogP contribution in [0.1, 0.15) is 11.1 Å². The number of nitrogens with zero attached hydrogens (tertiary/aromatic N) is 1. The van der Waals surface area contributed by atoms with Gasteiger partial charge in [0.15, 0.2) is 0 Å². The zero-order chi connectivity index (χ0) is 15.0. The summed E-state index contributed by atoms with van der Waals surface area (Å²) >= 11 is 0. The number of sulfonamides is 1. The molecule has 1 rings (SSSR count). The van der Waals surface area contributed by atoms with Gasteiger partial charge in [-0.2, -0.15) is 5.26 Å².